The van der Waals surface area contributed by atoms with Crippen LogP contribution in [0, 0.1) is 24.2 Å². The highest BCUT2D eigenvalue weighted by atomic mass is 19.3. The molecule has 4 fully saturated rings. The van der Waals surface area contributed by atoms with Gasteiger partial charge in [-0.3, -0.25) is 82.3 Å². The molecule has 4 atom stereocenters. The van der Waals surface area contributed by atoms with Gasteiger partial charge in [0.25, 0.3) is 11.8 Å². The topological polar surface area (TPSA) is 339 Å². The normalized spacial score (nSPS) is 19.4. The third-order valence-electron chi connectivity index (χ3n) is 18.2. The van der Waals surface area contributed by atoms with Crippen LogP contribution in [-0.4, -0.2) is 287 Å². The number of rotatable bonds is 35. The lowest BCUT2D eigenvalue weighted by Crippen LogP contribution is -2.52. The van der Waals surface area contributed by atoms with Gasteiger partial charge in [0.15, 0.2) is 0 Å². The van der Waals surface area contributed by atoms with Gasteiger partial charge in [-0.1, -0.05) is 49.6 Å². The summed E-state index contributed by atoms with van der Waals surface area (Å²) in [5, 5.41) is 47.6. The molecule has 29 heteroatoms. The van der Waals surface area contributed by atoms with Crippen LogP contribution in [0.4, 0.5) is 8.78 Å². The number of carbonyl (C=O) groups excluding carboxylic acids is 7. The number of aliphatic carboxylic acids is 3. The molecule has 0 radical (unpaired) electrons. The maximum Gasteiger partial charge on any atom is 0.317 e. The van der Waals surface area contributed by atoms with Crippen molar-refractivity contribution in [2.75, 3.05) is 144 Å². The van der Waals surface area contributed by atoms with E-state index in [0.29, 0.717) is 94.5 Å². The van der Waals surface area contributed by atoms with Crippen LogP contribution in [-0.2, 0) is 49.6 Å². The average Bonchev–Trinajstić information content (AvgIpc) is 1.78. The minimum absolute atomic E-state index is 0.0170. The Morgan fingerprint density at radius 2 is 1.34 bits per heavy atom. The van der Waals surface area contributed by atoms with E-state index in [9.17, 15) is 77.3 Å². The molecular formula is C68H95F2N13O14. The number of Topliss-reactive ketones (excluding diaryl/α,β-unsaturated/α-hetero) is 1. The second-order valence-corrected chi connectivity index (χ2v) is 25.9. The number of unbranched alkanes of at least 4 members (excludes halogenated alkanes) is 3. The number of hydrogen-bond donors (Lipinski definition) is 6. The number of ketones is 1. The Balaban J connectivity index is 0.868. The van der Waals surface area contributed by atoms with Gasteiger partial charge in [0.2, 0.25) is 29.5 Å². The Labute approximate surface area is 564 Å². The standard InChI is InChI=1S/C68H95F2N13O14/c1-48-12-14-50(15-13-48)9-8-11-59(85)73-21-5-3-4-10-51(16-17-53(84)43-77-24-26-78(44-62(88)89)28-30-80(46-64(92)93)31-29-79(27-25-77)45-63(90)91)75-58-38-60(86)82(67(58)96)42-49(2)66(95)81-34-32-76(33-35-81)23-6-7-36-97-54-18-19-57-56(37-54)55(20-22-72-57)65(94)74-41-61(87)83-47-68(69,70)39-52(83)40-71/h12-15,18-20,22,37,49,51-52,58,75H,3-11,16-17,21,23-36,38-39,41-47H2,1-2H3,(H,73,85)(H,74,94)(H,88,89)(H,90,91)(H,92,93)/t49?,51?,52-,58?/m1/s1. The molecule has 1 aromatic heterocycles. The number of piperazine rings is 1. The van der Waals surface area contributed by atoms with Crippen LogP contribution in [0.3, 0.4) is 0 Å². The van der Waals surface area contributed by atoms with E-state index in [-0.39, 0.29) is 127 Å². The van der Waals surface area contributed by atoms with Crippen molar-refractivity contribution in [1.29, 1.82) is 5.26 Å². The molecule has 4 aliphatic heterocycles. The van der Waals surface area contributed by atoms with Gasteiger partial charge in [0.1, 0.15) is 17.6 Å². The minimum atomic E-state index is -3.19. The lowest BCUT2D eigenvalue weighted by atomic mass is 10.00. The van der Waals surface area contributed by atoms with Crippen molar-refractivity contribution in [3.63, 3.8) is 0 Å². The largest absolute Gasteiger partial charge is 0.494 e. The fourth-order valence-corrected chi connectivity index (χ4v) is 12.7. The van der Waals surface area contributed by atoms with Crippen LogP contribution >= 0.6 is 0 Å². The van der Waals surface area contributed by atoms with Crippen molar-refractivity contribution in [3.8, 4) is 11.8 Å². The summed E-state index contributed by atoms with van der Waals surface area (Å²) in [6.07, 6.45) is 7.04. The van der Waals surface area contributed by atoms with Crippen LogP contribution < -0.4 is 20.7 Å². The second-order valence-electron chi connectivity index (χ2n) is 25.9. The number of alkyl halides is 2. The van der Waals surface area contributed by atoms with E-state index >= 15 is 0 Å². The number of halogens is 2. The van der Waals surface area contributed by atoms with Crippen LogP contribution in [0.2, 0.25) is 0 Å². The first-order valence-electron chi connectivity index (χ1n) is 33.8. The maximum absolute atomic E-state index is 14.1. The van der Waals surface area contributed by atoms with Crippen molar-refractivity contribution in [3.05, 3.63) is 71.4 Å². The molecule has 3 aromatic rings. The van der Waals surface area contributed by atoms with E-state index < -0.39 is 85.0 Å². The van der Waals surface area contributed by atoms with Crippen LogP contribution in [0.5, 0.6) is 5.75 Å². The number of amides is 6. The van der Waals surface area contributed by atoms with Gasteiger partial charge in [0.05, 0.1) is 81.4 Å². The number of aryl methyl sites for hydroxylation is 2. The number of likely N-dealkylation sites (tertiary alicyclic amines) is 2. The van der Waals surface area contributed by atoms with Crippen LogP contribution in [0.1, 0.15) is 105 Å². The molecule has 530 valence electrons. The fourth-order valence-electron chi connectivity index (χ4n) is 12.7. The summed E-state index contributed by atoms with van der Waals surface area (Å²) in [4.78, 5) is 147. The third-order valence-corrected chi connectivity index (χ3v) is 18.2. The Morgan fingerprint density at radius 1 is 0.722 bits per heavy atom. The highest BCUT2D eigenvalue weighted by Crippen LogP contribution is 2.32. The van der Waals surface area contributed by atoms with Crippen molar-refractivity contribution < 1.29 is 76.8 Å². The second kappa shape index (κ2) is 38.1. The molecule has 0 bridgehead atoms. The van der Waals surface area contributed by atoms with E-state index in [0.717, 1.165) is 42.0 Å². The van der Waals surface area contributed by atoms with Crippen molar-refractivity contribution in [2.45, 2.75) is 121 Å². The number of fused-ring (bicyclic) bond motifs is 1. The maximum atomic E-state index is 14.1. The average molecular weight is 1360 g/mol. The predicted octanol–water partition coefficient (Wildman–Crippen LogP) is 2.58. The monoisotopic (exact) mass is 1360 g/mol. The smallest absolute Gasteiger partial charge is 0.317 e. The fraction of sp³-hybridized carbons (Fsp3) is 0.618. The molecule has 3 unspecified atom stereocenters. The predicted molar refractivity (Wildman–Crippen MR) is 352 cm³/mol. The SMILES string of the molecule is Cc1ccc(CCCC(=O)NCCCCCC(CCC(=O)CN2CCN(CC(=O)O)CCN(CC(=O)O)CCN(CC(=O)O)CC2)NC2CC(=O)N(CC(C)C(=O)N3CCN(CCCCOc4ccc5nccc(C(=O)NCC(=O)N6CC(F)(F)C[C@@H]6C#N)c5c4)CC3)C2=O)cc1. The Morgan fingerprint density at radius 3 is 1.96 bits per heavy atom. The van der Waals surface area contributed by atoms with Gasteiger partial charge in [-0.2, -0.15) is 5.26 Å². The van der Waals surface area contributed by atoms with Crippen LogP contribution in [0.25, 0.3) is 10.9 Å². The summed E-state index contributed by atoms with van der Waals surface area (Å²) < 4.78 is 33.9. The third kappa shape index (κ3) is 25.3. The number of nitrogens with zero attached hydrogens (tertiary/aromatic N) is 10. The highest BCUT2D eigenvalue weighted by molar-refractivity contribution is 6.07. The molecule has 0 aliphatic carbocycles. The number of pyridine rings is 1. The zero-order valence-electron chi connectivity index (χ0n) is 55.8. The van der Waals surface area contributed by atoms with E-state index in [1.807, 2.05) is 11.8 Å². The summed E-state index contributed by atoms with van der Waals surface area (Å²) in [7, 11) is 0. The number of nitrogens with one attached hydrogen (secondary N) is 3. The minimum Gasteiger partial charge on any atom is -0.494 e. The lowest BCUT2D eigenvalue weighted by Gasteiger charge is -2.36. The van der Waals surface area contributed by atoms with E-state index in [2.05, 4.69) is 50.1 Å². The van der Waals surface area contributed by atoms with E-state index in [1.165, 1.54) is 23.4 Å². The molecule has 5 heterocycles. The summed E-state index contributed by atoms with van der Waals surface area (Å²) in [6, 6.07) is 14.0. The van der Waals surface area contributed by atoms with Crippen LogP contribution in [0.15, 0.2) is 54.7 Å². The summed E-state index contributed by atoms with van der Waals surface area (Å²) in [5.74, 6) is -9.18. The van der Waals surface area contributed by atoms with Gasteiger partial charge in [-0.05, 0) is 88.2 Å². The molecule has 27 nitrogen and oxygen atoms in total. The number of hydrogen-bond acceptors (Lipinski definition) is 19. The number of benzene rings is 2. The summed E-state index contributed by atoms with van der Waals surface area (Å²) in [6.45, 7) is 6.96. The summed E-state index contributed by atoms with van der Waals surface area (Å²) in [5.41, 5.74) is 3.05. The zero-order valence-corrected chi connectivity index (χ0v) is 55.8. The number of carboxylic acid groups (broad SMARTS) is 3. The number of nitriles is 1. The first-order valence-corrected chi connectivity index (χ1v) is 33.8. The van der Waals surface area contributed by atoms with Crippen molar-refractivity contribution in [2.24, 2.45) is 5.92 Å². The summed E-state index contributed by atoms with van der Waals surface area (Å²) >= 11 is 0. The lowest BCUT2D eigenvalue weighted by molar-refractivity contribution is -0.143. The van der Waals surface area contributed by atoms with Crippen molar-refractivity contribution >= 4 is 70.0 Å². The number of imide groups is 1. The highest BCUT2D eigenvalue weighted by Gasteiger charge is 2.47. The molecule has 4 aliphatic rings. The van der Waals surface area contributed by atoms with Gasteiger partial charge < -0.3 is 45.8 Å². The first-order chi connectivity index (χ1) is 46.4. The van der Waals surface area contributed by atoms with Gasteiger partial charge in [-0.15, -0.1) is 0 Å². The van der Waals surface area contributed by atoms with Gasteiger partial charge >= 0.3 is 17.9 Å². The number of carboxylic acids is 3. The van der Waals surface area contributed by atoms with E-state index in [1.54, 1.807) is 50.8 Å². The molecule has 2 aromatic carbocycles. The van der Waals surface area contributed by atoms with Crippen molar-refractivity contribution in [1.82, 2.24) is 60.1 Å². The van der Waals surface area contributed by atoms with Gasteiger partial charge in [0, 0.05) is 129 Å². The molecule has 0 spiro atoms. The zero-order chi connectivity index (χ0) is 70.0. The number of aromatic nitrogens is 1. The molecule has 6 amide bonds. The van der Waals surface area contributed by atoms with E-state index in [4.69, 9.17) is 4.74 Å². The molecule has 4 saturated heterocycles. The Bertz CT molecular complexity index is 3210. The molecule has 97 heavy (non-hydrogen) atoms. The Hall–Kier alpha value is -8.14. The number of carbonyl (C=O) groups is 10. The number of ether oxygens (including phenoxy) is 1. The molecule has 6 N–H and O–H groups in total. The first kappa shape index (κ1) is 76.2. The van der Waals surface area contributed by atoms with Gasteiger partial charge in [-0.25, -0.2) is 8.78 Å². The quantitative estimate of drug-likeness (QED) is 0.0364. The molecular weight excluding hydrogens is 1260 g/mol. The molecule has 7 rings (SSSR count). The molecule has 0 saturated carbocycles. The Kier molecular flexibility index (Phi) is 30.0.